The highest BCUT2D eigenvalue weighted by molar-refractivity contribution is 9.10. The van der Waals surface area contributed by atoms with Gasteiger partial charge in [-0.15, -0.1) is 0 Å². The van der Waals surface area contributed by atoms with Crippen molar-refractivity contribution < 1.29 is 9.53 Å². The molecule has 0 spiro atoms. The third kappa shape index (κ3) is 3.09. The lowest BCUT2D eigenvalue weighted by molar-refractivity contribution is 0.0594. The second-order valence-electron chi connectivity index (χ2n) is 5.01. The van der Waals surface area contributed by atoms with E-state index in [2.05, 4.69) is 25.9 Å². The maximum Gasteiger partial charge on any atom is 0.356 e. The molecule has 0 saturated carbocycles. The number of methoxy groups -OCH3 is 1. The Balaban J connectivity index is 2.08. The Morgan fingerprint density at radius 1 is 1.30 bits per heavy atom. The summed E-state index contributed by atoms with van der Waals surface area (Å²) in [5, 5.41) is 0.657. The minimum Gasteiger partial charge on any atom is -0.464 e. The molecule has 0 N–H and O–H groups in total. The maximum atomic E-state index is 11.7. The van der Waals surface area contributed by atoms with Gasteiger partial charge in [-0.3, -0.25) is 0 Å². The summed E-state index contributed by atoms with van der Waals surface area (Å²) in [6, 6.07) is 9.10. The highest BCUT2D eigenvalue weighted by Gasteiger charge is 2.14. The number of halogens is 2. The summed E-state index contributed by atoms with van der Waals surface area (Å²) in [5.74, 6) is 0.326. The maximum absolute atomic E-state index is 11.7. The fraction of sp³-hybridized carbons (Fsp3) is 0.188. The number of hydrogen-bond acceptors (Lipinski definition) is 4. The van der Waals surface area contributed by atoms with Gasteiger partial charge in [-0.05, 0) is 36.8 Å². The molecule has 23 heavy (non-hydrogen) atoms. The summed E-state index contributed by atoms with van der Waals surface area (Å²) < 4.78 is 7.57. The quantitative estimate of drug-likeness (QED) is 0.630. The van der Waals surface area contributed by atoms with Crippen LogP contribution in [0.15, 0.2) is 34.8 Å². The van der Waals surface area contributed by atoms with Crippen LogP contribution < -0.4 is 0 Å². The number of fused-ring (bicyclic) bond motifs is 1. The first-order chi connectivity index (χ1) is 11.0. The van der Waals surface area contributed by atoms with Crippen LogP contribution in [0.2, 0.25) is 5.02 Å². The van der Waals surface area contributed by atoms with Gasteiger partial charge in [-0.25, -0.2) is 14.8 Å². The van der Waals surface area contributed by atoms with Crippen LogP contribution in [0.25, 0.3) is 11.2 Å². The van der Waals surface area contributed by atoms with Gasteiger partial charge >= 0.3 is 5.97 Å². The molecule has 118 valence electrons. The van der Waals surface area contributed by atoms with Crippen LogP contribution in [0.3, 0.4) is 0 Å². The third-order valence-electron chi connectivity index (χ3n) is 3.52. The average molecular weight is 395 g/mol. The van der Waals surface area contributed by atoms with Crippen molar-refractivity contribution in [3.63, 3.8) is 0 Å². The summed E-state index contributed by atoms with van der Waals surface area (Å²) in [5.41, 5.74) is 2.55. The molecular formula is C16H13BrClN3O2. The van der Waals surface area contributed by atoms with Crippen molar-refractivity contribution in [1.82, 2.24) is 14.5 Å². The van der Waals surface area contributed by atoms with Gasteiger partial charge in [0, 0.05) is 9.50 Å². The molecule has 0 saturated heterocycles. The molecular weight excluding hydrogens is 382 g/mol. The van der Waals surface area contributed by atoms with Crippen molar-refractivity contribution >= 4 is 44.7 Å². The van der Waals surface area contributed by atoms with E-state index in [1.165, 1.54) is 7.11 Å². The SMILES string of the molecule is COC(=O)c1ccc2nc(C)n(Cc3ccc(Br)cc3Cl)c2n1. The lowest BCUT2D eigenvalue weighted by Crippen LogP contribution is -2.07. The van der Waals surface area contributed by atoms with Crippen molar-refractivity contribution in [2.24, 2.45) is 0 Å². The van der Waals surface area contributed by atoms with Crippen LogP contribution in [0, 0.1) is 6.92 Å². The lowest BCUT2D eigenvalue weighted by Gasteiger charge is -2.09. The Hall–Kier alpha value is -1.92. The standard InChI is InChI=1S/C16H13BrClN3O2/c1-9-19-13-5-6-14(16(22)23-2)20-15(13)21(9)8-10-3-4-11(17)7-12(10)18/h3-7H,8H2,1-2H3. The van der Waals surface area contributed by atoms with E-state index in [1.807, 2.05) is 29.7 Å². The normalized spacial score (nSPS) is 11.0. The molecule has 0 unspecified atom stereocenters. The monoisotopic (exact) mass is 393 g/mol. The summed E-state index contributed by atoms with van der Waals surface area (Å²) in [4.78, 5) is 20.5. The van der Waals surface area contributed by atoms with Crippen LogP contribution >= 0.6 is 27.5 Å². The molecule has 2 aromatic heterocycles. The predicted octanol–water partition coefficient (Wildman–Crippen LogP) is 3.99. The van der Waals surface area contributed by atoms with Gasteiger partial charge in [-0.2, -0.15) is 0 Å². The largest absolute Gasteiger partial charge is 0.464 e. The van der Waals surface area contributed by atoms with E-state index in [0.29, 0.717) is 17.2 Å². The van der Waals surface area contributed by atoms with E-state index in [4.69, 9.17) is 16.3 Å². The van der Waals surface area contributed by atoms with Gasteiger partial charge in [-0.1, -0.05) is 33.6 Å². The van der Waals surface area contributed by atoms with Crippen LogP contribution in [0.5, 0.6) is 0 Å². The first kappa shape index (κ1) is 16.0. The van der Waals surface area contributed by atoms with E-state index >= 15 is 0 Å². The van der Waals surface area contributed by atoms with Crippen LogP contribution in [-0.2, 0) is 11.3 Å². The molecule has 0 bridgehead atoms. The molecule has 1 aromatic carbocycles. The van der Waals surface area contributed by atoms with Crippen molar-refractivity contribution in [3.8, 4) is 0 Å². The number of hydrogen-bond donors (Lipinski definition) is 0. The number of pyridine rings is 1. The van der Waals surface area contributed by atoms with Gasteiger partial charge in [0.1, 0.15) is 11.3 Å². The molecule has 0 aliphatic heterocycles. The molecule has 0 radical (unpaired) electrons. The molecule has 5 nitrogen and oxygen atoms in total. The van der Waals surface area contributed by atoms with Gasteiger partial charge in [0.25, 0.3) is 0 Å². The molecule has 7 heteroatoms. The second-order valence-corrected chi connectivity index (χ2v) is 6.33. The van der Waals surface area contributed by atoms with Crippen LogP contribution in [0.1, 0.15) is 21.9 Å². The lowest BCUT2D eigenvalue weighted by atomic mass is 10.2. The number of carbonyl (C=O) groups is 1. The van der Waals surface area contributed by atoms with E-state index in [-0.39, 0.29) is 5.69 Å². The predicted molar refractivity (Wildman–Crippen MR) is 91.9 cm³/mol. The third-order valence-corrected chi connectivity index (χ3v) is 4.37. The number of nitrogens with zero attached hydrogens (tertiary/aromatic N) is 3. The number of aromatic nitrogens is 3. The fourth-order valence-corrected chi connectivity index (χ4v) is 3.08. The minimum atomic E-state index is -0.473. The Morgan fingerprint density at radius 3 is 2.78 bits per heavy atom. The van der Waals surface area contributed by atoms with Gasteiger partial charge in [0.2, 0.25) is 0 Å². The van der Waals surface area contributed by atoms with E-state index in [0.717, 1.165) is 21.4 Å². The number of esters is 1. The van der Waals surface area contributed by atoms with Gasteiger partial charge in [0.15, 0.2) is 11.3 Å². The Kier molecular flexibility index (Phi) is 4.37. The molecule has 3 rings (SSSR count). The average Bonchev–Trinajstić information content (AvgIpc) is 2.84. The minimum absolute atomic E-state index is 0.253. The summed E-state index contributed by atoms with van der Waals surface area (Å²) in [6.07, 6.45) is 0. The van der Waals surface area contributed by atoms with Crippen molar-refractivity contribution in [2.45, 2.75) is 13.5 Å². The molecule has 0 aliphatic carbocycles. The van der Waals surface area contributed by atoms with Gasteiger partial charge in [0.05, 0.1) is 13.7 Å². The number of aryl methyl sites for hydroxylation is 1. The van der Waals surface area contributed by atoms with Crippen LogP contribution in [0.4, 0.5) is 0 Å². The highest BCUT2D eigenvalue weighted by atomic mass is 79.9. The first-order valence-corrected chi connectivity index (χ1v) is 8.03. The van der Waals surface area contributed by atoms with Crippen molar-refractivity contribution in [1.29, 1.82) is 0 Å². The topological polar surface area (TPSA) is 57.0 Å². The van der Waals surface area contributed by atoms with E-state index in [1.54, 1.807) is 12.1 Å². The number of rotatable bonds is 3. The zero-order chi connectivity index (χ0) is 16.6. The van der Waals surface area contributed by atoms with E-state index in [9.17, 15) is 4.79 Å². The molecule has 0 aliphatic rings. The number of carbonyl (C=O) groups excluding carboxylic acids is 1. The highest BCUT2D eigenvalue weighted by Crippen LogP contribution is 2.24. The fourth-order valence-electron chi connectivity index (χ4n) is 2.34. The van der Waals surface area contributed by atoms with Crippen LogP contribution in [-0.4, -0.2) is 27.6 Å². The smallest absolute Gasteiger partial charge is 0.356 e. The number of ether oxygens (including phenoxy) is 1. The summed E-state index contributed by atoms with van der Waals surface area (Å²) in [6.45, 7) is 2.42. The number of benzene rings is 1. The Bertz CT molecular complexity index is 908. The molecule has 0 amide bonds. The second kappa shape index (κ2) is 6.29. The molecule has 2 heterocycles. The van der Waals surface area contributed by atoms with Crippen molar-refractivity contribution in [2.75, 3.05) is 7.11 Å². The van der Waals surface area contributed by atoms with Crippen molar-refractivity contribution in [3.05, 3.63) is 56.9 Å². The zero-order valence-corrected chi connectivity index (χ0v) is 14.8. The molecule has 3 aromatic rings. The summed E-state index contributed by atoms with van der Waals surface area (Å²) >= 11 is 9.69. The molecule has 0 atom stereocenters. The molecule has 0 fully saturated rings. The van der Waals surface area contributed by atoms with E-state index < -0.39 is 5.97 Å². The number of imidazole rings is 1. The Morgan fingerprint density at radius 2 is 2.09 bits per heavy atom. The summed E-state index contributed by atoms with van der Waals surface area (Å²) in [7, 11) is 1.33. The Labute approximate surface area is 146 Å². The zero-order valence-electron chi connectivity index (χ0n) is 12.5. The van der Waals surface area contributed by atoms with Gasteiger partial charge < -0.3 is 9.30 Å². The first-order valence-electron chi connectivity index (χ1n) is 6.85.